The lowest BCUT2D eigenvalue weighted by molar-refractivity contribution is -0.114. The van der Waals surface area contributed by atoms with Crippen molar-refractivity contribution in [2.45, 2.75) is 6.92 Å². The van der Waals surface area contributed by atoms with Crippen molar-refractivity contribution in [1.29, 1.82) is 0 Å². The zero-order valence-corrected chi connectivity index (χ0v) is 12.0. The Balaban J connectivity index is 1.77. The molecular weight excluding hydrogens is 278 g/mol. The summed E-state index contributed by atoms with van der Waals surface area (Å²) in [7, 11) is 0. The normalized spacial score (nSPS) is 10.2. The number of hydrogen-bond donors (Lipinski definition) is 2. The summed E-state index contributed by atoms with van der Waals surface area (Å²) >= 11 is 0. The highest BCUT2D eigenvalue weighted by atomic mass is 16.1. The van der Waals surface area contributed by atoms with Gasteiger partial charge in [0.15, 0.2) is 0 Å². The van der Waals surface area contributed by atoms with Gasteiger partial charge in [-0.15, -0.1) is 5.10 Å². The minimum absolute atomic E-state index is 0.108. The largest absolute Gasteiger partial charge is 0.326 e. The molecule has 1 amide bonds. The second kappa shape index (κ2) is 6.09. The standard InChI is InChI=1S/C16H15N5O/c1-12(22)18-13-6-5-7-14(10-13)19-16-17-11-21(20-16)15-8-3-2-4-9-15/h2-11H,1H3,(H,18,22)(H,19,20). The summed E-state index contributed by atoms with van der Waals surface area (Å²) < 4.78 is 1.69. The summed E-state index contributed by atoms with van der Waals surface area (Å²) in [6, 6.07) is 17.1. The molecule has 6 nitrogen and oxygen atoms in total. The molecule has 2 N–H and O–H groups in total. The van der Waals surface area contributed by atoms with Gasteiger partial charge in [-0.3, -0.25) is 4.79 Å². The van der Waals surface area contributed by atoms with Crippen LogP contribution in [0.4, 0.5) is 17.3 Å². The third-order valence-electron chi connectivity index (χ3n) is 2.95. The van der Waals surface area contributed by atoms with Crippen LogP contribution in [0, 0.1) is 0 Å². The molecule has 6 heteroatoms. The van der Waals surface area contributed by atoms with E-state index in [1.54, 1.807) is 11.0 Å². The molecule has 22 heavy (non-hydrogen) atoms. The number of anilines is 3. The molecule has 0 saturated carbocycles. The summed E-state index contributed by atoms with van der Waals surface area (Å²) in [5.41, 5.74) is 2.46. The van der Waals surface area contributed by atoms with E-state index in [0.717, 1.165) is 17.1 Å². The van der Waals surface area contributed by atoms with Crippen molar-refractivity contribution >= 4 is 23.2 Å². The molecule has 0 fully saturated rings. The first-order valence-electron chi connectivity index (χ1n) is 6.82. The van der Waals surface area contributed by atoms with Crippen LogP contribution in [0.15, 0.2) is 60.9 Å². The Kier molecular flexibility index (Phi) is 3.82. The van der Waals surface area contributed by atoms with Crippen LogP contribution in [0.1, 0.15) is 6.92 Å². The predicted octanol–water partition coefficient (Wildman–Crippen LogP) is 2.97. The molecule has 110 valence electrons. The van der Waals surface area contributed by atoms with E-state index in [-0.39, 0.29) is 5.91 Å². The van der Waals surface area contributed by atoms with Crippen LogP contribution in [0.3, 0.4) is 0 Å². The quantitative estimate of drug-likeness (QED) is 0.775. The second-order valence-electron chi connectivity index (χ2n) is 4.74. The number of carbonyl (C=O) groups excluding carboxylic acids is 1. The van der Waals surface area contributed by atoms with Gasteiger partial charge in [0.2, 0.25) is 11.9 Å². The number of benzene rings is 2. The van der Waals surface area contributed by atoms with E-state index >= 15 is 0 Å². The smallest absolute Gasteiger partial charge is 0.246 e. The number of aromatic nitrogens is 3. The molecule has 0 aliphatic heterocycles. The summed E-state index contributed by atoms with van der Waals surface area (Å²) in [5, 5.41) is 10.2. The maximum atomic E-state index is 11.1. The minimum Gasteiger partial charge on any atom is -0.326 e. The molecule has 0 saturated heterocycles. The Morgan fingerprint density at radius 3 is 2.59 bits per heavy atom. The Morgan fingerprint density at radius 1 is 1.05 bits per heavy atom. The Morgan fingerprint density at radius 2 is 1.82 bits per heavy atom. The monoisotopic (exact) mass is 293 g/mol. The Labute approximate surface area is 127 Å². The molecule has 0 spiro atoms. The van der Waals surface area contributed by atoms with Crippen LogP contribution >= 0.6 is 0 Å². The lowest BCUT2D eigenvalue weighted by atomic mass is 10.3. The van der Waals surface area contributed by atoms with E-state index < -0.39 is 0 Å². The summed E-state index contributed by atoms with van der Waals surface area (Å²) in [6.45, 7) is 1.48. The van der Waals surface area contributed by atoms with Crippen molar-refractivity contribution in [2.24, 2.45) is 0 Å². The third kappa shape index (κ3) is 3.29. The molecule has 0 aliphatic rings. The van der Waals surface area contributed by atoms with Gasteiger partial charge in [0, 0.05) is 18.3 Å². The van der Waals surface area contributed by atoms with Crippen molar-refractivity contribution in [2.75, 3.05) is 10.6 Å². The number of amides is 1. The van der Waals surface area contributed by atoms with E-state index in [1.807, 2.05) is 54.6 Å². The zero-order valence-electron chi connectivity index (χ0n) is 12.0. The number of hydrogen-bond acceptors (Lipinski definition) is 4. The average Bonchev–Trinajstić information content (AvgIpc) is 2.96. The number of nitrogens with one attached hydrogen (secondary N) is 2. The van der Waals surface area contributed by atoms with Gasteiger partial charge >= 0.3 is 0 Å². The molecule has 0 aliphatic carbocycles. The number of carbonyl (C=O) groups is 1. The van der Waals surface area contributed by atoms with Gasteiger partial charge in [0.1, 0.15) is 6.33 Å². The molecule has 1 aromatic heterocycles. The van der Waals surface area contributed by atoms with E-state index in [9.17, 15) is 4.79 Å². The number of para-hydroxylation sites is 1. The van der Waals surface area contributed by atoms with Crippen molar-refractivity contribution in [3.8, 4) is 5.69 Å². The molecular formula is C16H15N5O. The summed E-state index contributed by atoms with van der Waals surface area (Å²) in [6.07, 6.45) is 1.65. The average molecular weight is 293 g/mol. The first-order chi connectivity index (χ1) is 10.7. The van der Waals surface area contributed by atoms with E-state index in [1.165, 1.54) is 6.92 Å². The SMILES string of the molecule is CC(=O)Nc1cccc(Nc2ncn(-c3ccccc3)n2)c1. The van der Waals surface area contributed by atoms with Crippen LogP contribution in [0.25, 0.3) is 5.69 Å². The van der Waals surface area contributed by atoms with Gasteiger partial charge in [0.25, 0.3) is 0 Å². The van der Waals surface area contributed by atoms with Crippen molar-refractivity contribution < 1.29 is 4.79 Å². The van der Waals surface area contributed by atoms with Crippen LogP contribution < -0.4 is 10.6 Å². The lowest BCUT2D eigenvalue weighted by Crippen LogP contribution is -2.05. The fourth-order valence-corrected chi connectivity index (χ4v) is 2.03. The molecule has 0 unspecified atom stereocenters. The number of nitrogens with zero attached hydrogens (tertiary/aromatic N) is 3. The minimum atomic E-state index is -0.108. The van der Waals surface area contributed by atoms with Gasteiger partial charge in [0.05, 0.1) is 5.69 Å². The molecule has 0 bridgehead atoms. The molecule has 3 aromatic rings. The van der Waals surface area contributed by atoms with Crippen LogP contribution in [-0.4, -0.2) is 20.7 Å². The highest BCUT2D eigenvalue weighted by Gasteiger charge is 2.04. The number of rotatable bonds is 4. The van der Waals surface area contributed by atoms with Crippen LogP contribution in [0.2, 0.25) is 0 Å². The fraction of sp³-hybridized carbons (Fsp3) is 0.0625. The topological polar surface area (TPSA) is 71.8 Å². The first kappa shape index (κ1) is 13.8. The van der Waals surface area contributed by atoms with Gasteiger partial charge < -0.3 is 10.6 Å². The maximum Gasteiger partial charge on any atom is 0.246 e. The molecule has 1 heterocycles. The predicted molar refractivity (Wildman–Crippen MR) is 85.4 cm³/mol. The summed E-state index contributed by atoms with van der Waals surface area (Å²) in [4.78, 5) is 15.3. The Bertz CT molecular complexity index is 782. The highest BCUT2D eigenvalue weighted by molar-refractivity contribution is 5.89. The highest BCUT2D eigenvalue weighted by Crippen LogP contribution is 2.18. The van der Waals surface area contributed by atoms with Crippen molar-refractivity contribution in [3.05, 3.63) is 60.9 Å². The first-order valence-corrected chi connectivity index (χ1v) is 6.82. The maximum absolute atomic E-state index is 11.1. The Hall–Kier alpha value is -3.15. The van der Waals surface area contributed by atoms with Crippen LogP contribution in [-0.2, 0) is 4.79 Å². The van der Waals surface area contributed by atoms with Crippen molar-refractivity contribution in [1.82, 2.24) is 14.8 Å². The van der Waals surface area contributed by atoms with Gasteiger partial charge in [-0.1, -0.05) is 24.3 Å². The molecule has 3 rings (SSSR count). The zero-order chi connectivity index (χ0) is 15.4. The van der Waals surface area contributed by atoms with E-state index in [0.29, 0.717) is 5.95 Å². The van der Waals surface area contributed by atoms with E-state index in [2.05, 4.69) is 20.7 Å². The van der Waals surface area contributed by atoms with Crippen molar-refractivity contribution in [3.63, 3.8) is 0 Å². The lowest BCUT2D eigenvalue weighted by Gasteiger charge is -2.06. The third-order valence-corrected chi connectivity index (χ3v) is 2.95. The van der Waals surface area contributed by atoms with Crippen LogP contribution in [0.5, 0.6) is 0 Å². The van der Waals surface area contributed by atoms with Gasteiger partial charge in [-0.05, 0) is 30.3 Å². The fourth-order valence-electron chi connectivity index (χ4n) is 2.03. The summed E-state index contributed by atoms with van der Waals surface area (Å²) in [5.74, 6) is 0.382. The van der Waals surface area contributed by atoms with Gasteiger partial charge in [-0.25, -0.2) is 4.68 Å². The molecule has 2 aromatic carbocycles. The van der Waals surface area contributed by atoms with E-state index in [4.69, 9.17) is 0 Å². The molecule has 0 radical (unpaired) electrons. The molecule has 0 atom stereocenters. The van der Waals surface area contributed by atoms with Gasteiger partial charge in [-0.2, -0.15) is 4.98 Å². The second-order valence-corrected chi connectivity index (χ2v) is 4.74.